The first-order chi connectivity index (χ1) is 10.8. The van der Waals surface area contributed by atoms with Gasteiger partial charge in [0.25, 0.3) is 5.09 Å². The fourth-order valence-corrected chi connectivity index (χ4v) is 2.30. The normalized spacial score (nSPS) is 30.3. The van der Waals surface area contributed by atoms with Crippen LogP contribution in [0, 0.1) is 10.1 Å². The number of nitrogens with zero attached hydrogens (tertiary/aromatic N) is 2. The van der Waals surface area contributed by atoms with Crippen LogP contribution in [0.2, 0.25) is 0 Å². The van der Waals surface area contributed by atoms with Crippen molar-refractivity contribution < 1.29 is 29.3 Å². The van der Waals surface area contributed by atoms with Crippen molar-refractivity contribution in [3.63, 3.8) is 0 Å². The maximum atomic E-state index is 10.4. The Hall–Kier alpha value is -1.49. The Morgan fingerprint density at radius 2 is 2.26 bits per heavy atom. The average molecular weight is 333 g/mol. The second-order valence-electron chi connectivity index (χ2n) is 6.56. The topological polar surface area (TPSA) is 125 Å². The van der Waals surface area contributed by atoms with Crippen molar-refractivity contribution in [3.05, 3.63) is 10.1 Å². The first-order valence-electron chi connectivity index (χ1n) is 7.42. The van der Waals surface area contributed by atoms with Crippen LogP contribution < -0.4 is 5.32 Å². The first kappa shape index (κ1) is 17.9. The molecule has 10 nitrogen and oxygen atoms in total. The smallest absolute Gasteiger partial charge is 0.294 e. The van der Waals surface area contributed by atoms with E-state index in [-0.39, 0.29) is 25.4 Å². The third-order valence-corrected chi connectivity index (χ3v) is 3.40. The van der Waals surface area contributed by atoms with Gasteiger partial charge >= 0.3 is 0 Å². The molecule has 0 saturated carbocycles. The van der Waals surface area contributed by atoms with Crippen LogP contribution in [0.15, 0.2) is 5.16 Å². The maximum Gasteiger partial charge on any atom is 0.294 e. The summed E-state index contributed by atoms with van der Waals surface area (Å²) in [5.41, 5.74) is 0.406. The fourth-order valence-electron chi connectivity index (χ4n) is 2.30. The summed E-state index contributed by atoms with van der Waals surface area (Å²) in [5.74, 6) is 0. The molecule has 10 heteroatoms. The number of rotatable bonds is 7. The van der Waals surface area contributed by atoms with E-state index in [0.717, 1.165) is 0 Å². The standard InChI is InChI=1S/C13H23N3O7/c1-13(2,3)14-4-8(17)5-22-15-9-6-20-12-10(23-16(18)19)7-21-11(9)12/h8,10-12,14,17H,4-7H2,1-3H3/b15-9+. The molecule has 23 heavy (non-hydrogen) atoms. The lowest BCUT2D eigenvalue weighted by Gasteiger charge is -2.22. The highest BCUT2D eigenvalue weighted by Crippen LogP contribution is 2.27. The first-order valence-corrected chi connectivity index (χ1v) is 7.42. The van der Waals surface area contributed by atoms with Gasteiger partial charge in [-0.2, -0.15) is 0 Å². The Kier molecular flexibility index (Phi) is 5.74. The summed E-state index contributed by atoms with van der Waals surface area (Å²) in [6.45, 7) is 6.62. The summed E-state index contributed by atoms with van der Waals surface area (Å²) in [4.78, 5) is 20.0. The molecule has 4 atom stereocenters. The van der Waals surface area contributed by atoms with Crippen molar-refractivity contribution >= 4 is 5.71 Å². The van der Waals surface area contributed by atoms with E-state index in [9.17, 15) is 15.2 Å². The fraction of sp³-hybridized carbons (Fsp3) is 0.923. The van der Waals surface area contributed by atoms with Gasteiger partial charge in [0.05, 0.1) is 13.2 Å². The highest BCUT2D eigenvalue weighted by Gasteiger charge is 2.48. The van der Waals surface area contributed by atoms with Crippen LogP contribution in [0.3, 0.4) is 0 Å². The van der Waals surface area contributed by atoms with Crippen LogP contribution in [0.25, 0.3) is 0 Å². The van der Waals surface area contributed by atoms with Crippen molar-refractivity contribution in [1.29, 1.82) is 0 Å². The van der Waals surface area contributed by atoms with E-state index in [4.69, 9.17) is 14.3 Å². The zero-order chi connectivity index (χ0) is 17.0. The Labute approximate surface area is 133 Å². The predicted molar refractivity (Wildman–Crippen MR) is 78.5 cm³/mol. The monoisotopic (exact) mass is 333 g/mol. The molecule has 2 aliphatic rings. The quantitative estimate of drug-likeness (QED) is 0.471. The van der Waals surface area contributed by atoms with Crippen LogP contribution in [-0.4, -0.2) is 72.2 Å². The van der Waals surface area contributed by atoms with E-state index < -0.39 is 29.5 Å². The second-order valence-corrected chi connectivity index (χ2v) is 6.56. The molecule has 4 unspecified atom stereocenters. The molecule has 0 spiro atoms. The second kappa shape index (κ2) is 7.39. The van der Waals surface area contributed by atoms with E-state index in [1.807, 2.05) is 20.8 Å². The van der Waals surface area contributed by atoms with Crippen molar-refractivity contribution in [2.75, 3.05) is 26.4 Å². The molecule has 2 N–H and O–H groups in total. The van der Waals surface area contributed by atoms with Gasteiger partial charge in [-0.1, -0.05) is 5.16 Å². The molecule has 2 heterocycles. The number of oxime groups is 1. The maximum absolute atomic E-state index is 10.4. The molecule has 0 aromatic carbocycles. The van der Waals surface area contributed by atoms with Crippen LogP contribution in [0.4, 0.5) is 0 Å². The summed E-state index contributed by atoms with van der Waals surface area (Å²) < 4.78 is 10.8. The largest absolute Gasteiger partial charge is 0.393 e. The van der Waals surface area contributed by atoms with Gasteiger partial charge in [0.2, 0.25) is 0 Å². The van der Waals surface area contributed by atoms with E-state index in [0.29, 0.717) is 12.3 Å². The number of hydrogen-bond acceptors (Lipinski definition) is 9. The minimum atomic E-state index is -0.857. The van der Waals surface area contributed by atoms with Crippen LogP contribution in [-0.2, 0) is 19.1 Å². The lowest BCUT2D eigenvalue weighted by molar-refractivity contribution is -0.769. The van der Waals surface area contributed by atoms with Crippen LogP contribution in [0.5, 0.6) is 0 Å². The number of nitrogens with one attached hydrogen (secondary N) is 1. The molecule has 132 valence electrons. The Morgan fingerprint density at radius 1 is 1.52 bits per heavy atom. The van der Waals surface area contributed by atoms with Crippen molar-refractivity contribution in [2.45, 2.75) is 50.7 Å². The molecule has 2 rings (SSSR count). The van der Waals surface area contributed by atoms with Gasteiger partial charge < -0.3 is 29.6 Å². The predicted octanol–water partition coefficient (Wildman–Crippen LogP) is -0.517. The van der Waals surface area contributed by atoms with Gasteiger partial charge in [0, 0.05) is 12.1 Å². The third kappa shape index (κ3) is 5.27. The average Bonchev–Trinajstić information content (AvgIpc) is 2.99. The summed E-state index contributed by atoms with van der Waals surface area (Å²) in [6.07, 6.45) is -2.53. The van der Waals surface area contributed by atoms with Crippen molar-refractivity contribution in [3.8, 4) is 0 Å². The summed E-state index contributed by atoms with van der Waals surface area (Å²) in [5, 5.41) is 26.4. The van der Waals surface area contributed by atoms with Crippen LogP contribution >= 0.6 is 0 Å². The minimum absolute atomic E-state index is 0.0266. The Morgan fingerprint density at radius 3 is 2.91 bits per heavy atom. The zero-order valence-corrected chi connectivity index (χ0v) is 13.4. The molecule has 2 fully saturated rings. The molecule has 0 bridgehead atoms. The van der Waals surface area contributed by atoms with E-state index >= 15 is 0 Å². The lowest BCUT2D eigenvalue weighted by Crippen LogP contribution is -2.42. The number of aliphatic hydroxyl groups excluding tert-OH is 1. The molecule has 2 aliphatic heterocycles. The SMILES string of the molecule is CC(C)(C)NCC(O)CO/N=C1\COC2C(O[N+](=O)[O-])COC12. The van der Waals surface area contributed by atoms with E-state index in [1.54, 1.807) is 0 Å². The minimum Gasteiger partial charge on any atom is -0.393 e. The third-order valence-electron chi connectivity index (χ3n) is 3.40. The summed E-state index contributed by atoms with van der Waals surface area (Å²) in [6, 6.07) is 0. The highest BCUT2D eigenvalue weighted by molar-refractivity contribution is 5.92. The number of β-amino-alcohol motifs (C(OH)–C–C–N with tert-alkyl or cyclic N) is 1. The molecular weight excluding hydrogens is 310 g/mol. The number of fused-ring (bicyclic) bond motifs is 1. The molecule has 0 radical (unpaired) electrons. The number of ether oxygens (including phenoxy) is 2. The van der Waals surface area contributed by atoms with Gasteiger partial charge in [-0.25, -0.2) is 0 Å². The molecule has 0 aromatic rings. The highest BCUT2D eigenvalue weighted by atomic mass is 17.0. The van der Waals surface area contributed by atoms with Gasteiger partial charge in [0.15, 0.2) is 6.10 Å². The molecule has 0 aliphatic carbocycles. The van der Waals surface area contributed by atoms with Crippen molar-refractivity contribution in [1.82, 2.24) is 5.32 Å². The van der Waals surface area contributed by atoms with E-state index in [1.165, 1.54) is 0 Å². The molecule has 2 saturated heterocycles. The molecule has 0 amide bonds. The van der Waals surface area contributed by atoms with Gasteiger partial charge in [-0.05, 0) is 20.8 Å². The van der Waals surface area contributed by atoms with Gasteiger partial charge in [-0.3, -0.25) is 0 Å². The summed E-state index contributed by atoms with van der Waals surface area (Å²) in [7, 11) is 0. The van der Waals surface area contributed by atoms with Gasteiger partial charge in [-0.15, -0.1) is 10.1 Å². The van der Waals surface area contributed by atoms with Crippen LogP contribution in [0.1, 0.15) is 20.8 Å². The lowest BCUT2D eigenvalue weighted by atomic mass is 10.1. The van der Waals surface area contributed by atoms with E-state index in [2.05, 4.69) is 15.3 Å². The Balaban J connectivity index is 1.76. The van der Waals surface area contributed by atoms with Crippen molar-refractivity contribution in [2.24, 2.45) is 5.16 Å². The zero-order valence-electron chi connectivity index (χ0n) is 13.4. The Bertz CT molecular complexity index is 451. The molecule has 0 aromatic heterocycles. The number of aliphatic hydroxyl groups is 1. The number of hydrogen-bond donors (Lipinski definition) is 2. The molecular formula is C13H23N3O7. The summed E-state index contributed by atoms with van der Waals surface area (Å²) >= 11 is 0. The van der Waals surface area contributed by atoms with Gasteiger partial charge in [0.1, 0.15) is 30.6 Å².